The average molecular weight is 376 g/mol. The zero-order chi connectivity index (χ0) is 16.4. The standard InChI is InChI=1S/C15H13N5OS3/c21-13(12-11(10-6-7-10)17-20-24-12)16-14-18-19-15(23-14)22-8-9-4-2-1-3-5-9/h1-5,10H,6-8H2,(H,16,18,21). The number of benzene rings is 1. The predicted octanol–water partition coefficient (Wildman–Crippen LogP) is 3.81. The molecule has 9 heteroatoms. The lowest BCUT2D eigenvalue weighted by Gasteiger charge is -1.99. The van der Waals surface area contributed by atoms with Crippen LogP contribution in [-0.4, -0.2) is 25.7 Å². The maximum Gasteiger partial charge on any atom is 0.271 e. The number of thioether (sulfide) groups is 1. The summed E-state index contributed by atoms with van der Waals surface area (Å²) in [6.45, 7) is 0. The Bertz CT molecular complexity index is 844. The van der Waals surface area contributed by atoms with Crippen molar-refractivity contribution in [2.24, 2.45) is 0 Å². The van der Waals surface area contributed by atoms with E-state index in [1.165, 1.54) is 16.9 Å². The van der Waals surface area contributed by atoms with Crippen LogP contribution in [0.2, 0.25) is 0 Å². The molecule has 0 unspecified atom stereocenters. The van der Waals surface area contributed by atoms with Crippen LogP contribution < -0.4 is 5.32 Å². The number of carbonyl (C=O) groups is 1. The fourth-order valence-electron chi connectivity index (χ4n) is 2.17. The lowest BCUT2D eigenvalue weighted by Crippen LogP contribution is -2.12. The molecule has 1 aliphatic carbocycles. The van der Waals surface area contributed by atoms with Gasteiger partial charge in [-0.25, -0.2) is 0 Å². The van der Waals surface area contributed by atoms with E-state index in [1.54, 1.807) is 11.8 Å². The molecule has 2 heterocycles. The molecule has 122 valence electrons. The van der Waals surface area contributed by atoms with Crippen LogP contribution in [0.25, 0.3) is 0 Å². The second-order valence-corrected chi connectivity index (χ2v) is 8.32. The van der Waals surface area contributed by atoms with Crippen molar-refractivity contribution in [2.75, 3.05) is 5.32 Å². The van der Waals surface area contributed by atoms with E-state index in [-0.39, 0.29) is 5.91 Å². The van der Waals surface area contributed by atoms with Crippen molar-refractivity contribution in [3.8, 4) is 0 Å². The second-order valence-electron chi connectivity index (χ2n) is 5.36. The van der Waals surface area contributed by atoms with Gasteiger partial charge in [-0.3, -0.25) is 10.1 Å². The minimum atomic E-state index is -0.192. The van der Waals surface area contributed by atoms with Gasteiger partial charge in [0.05, 0.1) is 5.69 Å². The fourth-order valence-corrected chi connectivity index (χ4v) is 4.52. The van der Waals surface area contributed by atoms with Gasteiger partial charge in [0.15, 0.2) is 4.34 Å². The topological polar surface area (TPSA) is 80.7 Å². The number of amides is 1. The van der Waals surface area contributed by atoms with Crippen molar-refractivity contribution in [1.82, 2.24) is 19.8 Å². The highest BCUT2D eigenvalue weighted by Gasteiger charge is 2.32. The summed E-state index contributed by atoms with van der Waals surface area (Å²) in [4.78, 5) is 13.0. The van der Waals surface area contributed by atoms with Gasteiger partial charge in [-0.2, -0.15) is 0 Å². The highest BCUT2D eigenvalue weighted by molar-refractivity contribution is 8.00. The van der Waals surface area contributed by atoms with Gasteiger partial charge in [0.25, 0.3) is 5.91 Å². The summed E-state index contributed by atoms with van der Waals surface area (Å²) in [7, 11) is 0. The number of aromatic nitrogens is 4. The lowest BCUT2D eigenvalue weighted by molar-refractivity contribution is 0.102. The first-order chi connectivity index (χ1) is 11.8. The van der Waals surface area contributed by atoms with Gasteiger partial charge in [0.2, 0.25) is 5.13 Å². The molecule has 1 N–H and O–H groups in total. The molecule has 0 spiro atoms. The van der Waals surface area contributed by atoms with Crippen molar-refractivity contribution in [1.29, 1.82) is 0 Å². The zero-order valence-corrected chi connectivity index (χ0v) is 15.0. The van der Waals surface area contributed by atoms with Gasteiger partial charge < -0.3 is 0 Å². The highest BCUT2D eigenvalue weighted by Crippen LogP contribution is 2.41. The number of nitrogens with zero attached hydrogens (tertiary/aromatic N) is 4. The maximum absolute atomic E-state index is 12.4. The Kier molecular flexibility index (Phi) is 4.54. The average Bonchev–Trinajstić information content (AvgIpc) is 3.16. The van der Waals surface area contributed by atoms with Gasteiger partial charge in [0.1, 0.15) is 4.88 Å². The first-order valence-electron chi connectivity index (χ1n) is 7.43. The lowest BCUT2D eigenvalue weighted by atomic mass is 10.2. The molecular weight excluding hydrogens is 362 g/mol. The molecule has 4 rings (SSSR count). The van der Waals surface area contributed by atoms with E-state index in [2.05, 4.69) is 37.2 Å². The zero-order valence-electron chi connectivity index (χ0n) is 12.5. The molecule has 1 aliphatic rings. The van der Waals surface area contributed by atoms with Crippen LogP contribution in [-0.2, 0) is 5.75 Å². The van der Waals surface area contributed by atoms with Crippen LogP contribution in [0.4, 0.5) is 5.13 Å². The number of rotatable bonds is 6. The van der Waals surface area contributed by atoms with Crippen molar-refractivity contribution in [3.63, 3.8) is 0 Å². The minimum Gasteiger partial charge on any atom is -0.296 e. The van der Waals surface area contributed by atoms with Crippen LogP contribution in [0.5, 0.6) is 0 Å². The van der Waals surface area contributed by atoms with Crippen LogP contribution in [0, 0.1) is 0 Å². The minimum absolute atomic E-state index is 0.192. The number of anilines is 1. The molecule has 24 heavy (non-hydrogen) atoms. The van der Waals surface area contributed by atoms with Crippen LogP contribution in [0.15, 0.2) is 34.7 Å². The van der Waals surface area contributed by atoms with Gasteiger partial charge >= 0.3 is 0 Å². The number of nitrogens with one attached hydrogen (secondary N) is 1. The molecule has 6 nitrogen and oxygen atoms in total. The Hall–Kier alpha value is -1.84. The van der Waals surface area contributed by atoms with Gasteiger partial charge in [-0.1, -0.05) is 57.9 Å². The maximum atomic E-state index is 12.4. The van der Waals surface area contributed by atoms with Crippen molar-refractivity contribution >= 4 is 45.7 Å². The SMILES string of the molecule is O=C(Nc1nnc(SCc2ccccc2)s1)c1snnc1C1CC1. The Morgan fingerprint density at radius 2 is 2.04 bits per heavy atom. The van der Waals surface area contributed by atoms with Crippen molar-refractivity contribution in [2.45, 2.75) is 28.9 Å². The third kappa shape index (κ3) is 3.63. The molecule has 3 aromatic rings. The van der Waals surface area contributed by atoms with E-state index in [9.17, 15) is 4.79 Å². The molecule has 0 atom stereocenters. The van der Waals surface area contributed by atoms with Crippen LogP contribution in [0.3, 0.4) is 0 Å². The normalized spacial score (nSPS) is 13.8. The summed E-state index contributed by atoms with van der Waals surface area (Å²) in [5, 5.41) is 15.6. The highest BCUT2D eigenvalue weighted by atomic mass is 32.2. The summed E-state index contributed by atoms with van der Waals surface area (Å²) in [6, 6.07) is 10.2. The van der Waals surface area contributed by atoms with Crippen LogP contribution >= 0.6 is 34.6 Å². The molecule has 1 fully saturated rings. The third-order valence-electron chi connectivity index (χ3n) is 3.52. The predicted molar refractivity (Wildman–Crippen MR) is 95.7 cm³/mol. The smallest absolute Gasteiger partial charge is 0.271 e. The van der Waals surface area contributed by atoms with Crippen LogP contribution in [0.1, 0.15) is 39.7 Å². The molecule has 1 saturated carbocycles. The summed E-state index contributed by atoms with van der Waals surface area (Å²) in [5.74, 6) is 1.03. The Morgan fingerprint density at radius 3 is 2.83 bits per heavy atom. The second kappa shape index (κ2) is 6.96. The van der Waals surface area contributed by atoms with Gasteiger partial charge in [-0.15, -0.1) is 15.3 Å². The van der Waals surface area contributed by atoms with E-state index >= 15 is 0 Å². The molecule has 0 bridgehead atoms. The summed E-state index contributed by atoms with van der Waals surface area (Å²) >= 11 is 4.13. The van der Waals surface area contributed by atoms with Gasteiger partial charge in [-0.05, 0) is 29.9 Å². The Balaban J connectivity index is 1.38. The first-order valence-corrected chi connectivity index (χ1v) is 10.0. The largest absolute Gasteiger partial charge is 0.296 e. The summed E-state index contributed by atoms with van der Waals surface area (Å²) in [6.07, 6.45) is 2.18. The van der Waals surface area contributed by atoms with Crippen molar-refractivity contribution in [3.05, 3.63) is 46.5 Å². The van der Waals surface area contributed by atoms with E-state index in [0.29, 0.717) is 15.9 Å². The molecule has 1 amide bonds. The van der Waals surface area contributed by atoms with E-state index in [4.69, 9.17) is 0 Å². The molecular formula is C15H13N5OS3. The fraction of sp³-hybridized carbons (Fsp3) is 0.267. The molecule has 0 radical (unpaired) electrons. The first kappa shape index (κ1) is 15.7. The van der Waals surface area contributed by atoms with E-state index < -0.39 is 0 Å². The summed E-state index contributed by atoms with van der Waals surface area (Å²) in [5.41, 5.74) is 2.05. The van der Waals surface area contributed by atoms with Crippen molar-refractivity contribution < 1.29 is 4.79 Å². The molecule has 0 saturated heterocycles. The molecule has 2 aromatic heterocycles. The molecule has 0 aliphatic heterocycles. The van der Waals surface area contributed by atoms with E-state index in [0.717, 1.165) is 40.2 Å². The summed E-state index contributed by atoms with van der Waals surface area (Å²) < 4.78 is 4.74. The monoisotopic (exact) mass is 375 g/mol. The van der Waals surface area contributed by atoms with E-state index in [1.807, 2.05) is 18.2 Å². The Morgan fingerprint density at radius 1 is 1.21 bits per heavy atom. The Labute approximate surface area is 150 Å². The number of hydrogen-bond donors (Lipinski definition) is 1. The quantitative estimate of drug-likeness (QED) is 0.521. The number of hydrogen-bond acceptors (Lipinski definition) is 8. The van der Waals surface area contributed by atoms with Gasteiger partial charge in [0, 0.05) is 11.7 Å². The third-order valence-corrected chi connectivity index (χ3v) is 6.30. The molecule has 1 aromatic carbocycles. The number of carbonyl (C=O) groups excluding carboxylic acids is 1.